The van der Waals surface area contributed by atoms with Gasteiger partial charge in [-0.25, -0.2) is 15.0 Å². The molecule has 8 nitrogen and oxygen atoms in total. The van der Waals surface area contributed by atoms with E-state index in [1.54, 1.807) is 30.5 Å². The van der Waals surface area contributed by atoms with Crippen molar-refractivity contribution in [3.63, 3.8) is 0 Å². The zero-order chi connectivity index (χ0) is 25.9. The molecule has 37 heavy (non-hydrogen) atoms. The van der Waals surface area contributed by atoms with Crippen LogP contribution in [-0.2, 0) is 12.0 Å². The zero-order valence-electron chi connectivity index (χ0n) is 19.1. The number of oxazole rings is 1. The Kier molecular flexibility index (Phi) is 5.72. The van der Waals surface area contributed by atoms with Gasteiger partial charge in [-0.2, -0.15) is 4.73 Å². The number of benzene rings is 1. The number of aromatic nitrogens is 3. The molecule has 0 spiro atoms. The van der Waals surface area contributed by atoms with Gasteiger partial charge in [0.25, 0.3) is 0 Å². The lowest BCUT2D eigenvalue weighted by atomic mass is 9.89. The predicted octanol–water partition coefficient (Wildman–Crippen LogP) is 5.51. The van der Waals surface area contributed by atoms with Gasteiger partial charge in [0.05, 0.1) is 11.9 Å². The Morgan fingerprint density at radius 3 is 2.65 bits per heavy atom. The SMILES string of the molecule is Nc1ccc(C2=C(Cl)N=C(C3(O)CCc4cc(-c5cc(Cl)ccc5-c5cnco5)c[n+]([O-])c43)C2)c(Cl)n1. The molecule has 186 valence electrons. The largest absolute Gasteiger partial charge is 0.618 e. The van der Waals surface area contributed by atoms with E-state index in [4.69, 9.17) is 45.0 Å². The number of fused-ring (bicyclic) bond motifs is 1. The van der Waals surface area contributed by atoms with Crippen LogP contribution in [0.15, 0.2) is 69.8 Å². The van der Waals surface area contributed by atoms with Crippen molar-refractivity contribution in [2.45, 2.75) is 24.9 Å². The first-order valence-electron chi connectivity index (χ1n) is 11.3. The Labute approximate surface area is 226 Å². The van der Waals surface area contributed by atoms with E-state index < -0.39 is 5.60 Å². The van der Waals surface area contributed by atoms with Gasteiger partial charge in [0.15, 0.2) is 24.0 Å². The van der Waals surface area contributed by atoms with Crippen LogP contribution in [0.1, 0.15) is 29.7 Å². The molecule has 0 saturated carbocycles. The van der Waals surface area contributed by atoms with Crippen molar-refractivity contribution < 1.29 is 14.3 Å². The van der Waals surface area contributed by atoms with E-state index >= 15 is 0 Å². The highest BCUT2D eigenvalue weighted by molar-refractivity contribution is 6.37. The van der Waals surface area contributed by atoms with E-state index in [-0.39, 0.29) is 34.7 Å². The Morgan fingerprint density at radius 1 is 1.08 bits per heavy atom. The normalized spacial score (nSPS) is 18.9. The average Bonchev–Trinajstić information content (AvgIpc) is 3.60. The summed E-state index contributed by atoms with van der Waals surface area (Å²) < 4.78 is 6.19. The fourth-order valence-corrected chi connectivity index (χ4v) is 5.75. The number of aryl methyl sites for hydroxylation is 1. The summed E-state index contributed by atoms with van der Waals surface area (Å²) in [7, 11) is 0. The van der Waals surface area contributed by atoms with Gasteiger partial charge in [-0.1, -0.05) is 34.8 Å². The lowest BCUT2D eigenvalue weighted by Crippen LogP contribution is -2.45. The van der Waals surface area contributed by atoms with Crippen LogP contribution in [0.25, 0.3) is 28.0 Å². The Hall–Kier alpha value is -3.43. The van der Waals surface area contributed by atoms with Crippen molar-refractivity contribution >= 4 is 51.9 Å². The van der Waals surface area contributed by atoms with Crippen LogP contribution in [0, 0.1) is 5.21 Å². The molecule has 1 unspecified atom stereocenters. The number of halogens is 3. The summed E-state index contributed by atoms with van der Waals surface area (Å²) >= 11 is 19.0. The number of allylic oxidation sites excluding steroid dienone is 1. The first kappa shape index (κ1) is 23.9. The number of aliphatic imine (C=N–C) groups is 1. The van der Waals surface area contributed by atoms with Crippen molar-refractivity contribution in [3.05, 3.63) is 92.5 Å². The van der Waals surface area contributed by atoms with Crippen LogP contribution in [-0.4, -0.2) is 20.8 Å². The molecule has 1 aliphatic carbocycles. The van der Waals surface area contributed by atoms with E-state index in [0.717, 1.165) is 5.56 Å². The predicted molar refractivity (Wildman–Crippen MR) is 142 cm³/mol. The molecule has 1 atom stereocenters. The highest BCUT2D eigenvalue weighted by Crippen LogP contribution is 2.45. The maximum Gasteiger partial charge on any atom is 0.233 e. The Bertz CT molecular complexity index is 1630. The third-order valence-corrected chi connectivity index (χ3v) is 7.58. The van der Waals surface area contributed by atoms with Crippen LogP contribution in [0.4, 0.5) is 5.82 Å². The summed E-state index contributed by atoms with van der Waals surface area (Å²) in [6.45, 7) is 0. The Balaban J connectivity index is 1.38. The van der Waals surface area contributed by atoms with Crippen molar-refractivity contribution in [2.75, 3.05) is 5.73 Å². The second-order valence-corrected chi connectivity index (χ2v) is 10.1. The van der Waals surface area contributed by atoms with Gasteiger partial charge in [-0.15, -0.1) is 0 Å². The fourth-order valence-electron chi connectivity index (χ4n) is 5.03. The summed E-state index contributed by atoms with van der Waals surface area (Å²) in [4.78, 5) is 12.5. The van der Waals surface area contributed by atoms with Gasteiger partial charge in [-0.05, 0) is 49.2 Å². The lowest BCUT2D eigenvalue weighted by molar-refractivity contribution is -0.619. The number of nitrogens with two attached hydrogens (primary N) is 1. The monoisotopic (exact) mass is 553 g/mol. The number of hydrogen-bond donors (Lipinski definition) is 2. The number of pyridine rings is 2. The first-order chi connectivity index (χ1) is 17.7. The smallest absolute Gasteiger partial charge is 0.233 e. The maximum absolute atomic E-state index is 13.4. The molecule has 4 heterocycles. The highest BCUT2D eigenvalue weighted by Gasteiger charge is 2.50. The number of anilines is 1. The Morgan fingerprint density at radius 2 is 1.89 bits per heavy atom. The molecule has 1 aromatic carbocycles. The molecule has 3 aromatic heterocycles. The van der Waals surface area contributed by atoms with Crippen molar-refractivity contribution in [2.24, 2.45) is 4.99 Å². The quantitative estimate of drug-likeness (QED) is 0.148. The van der Waals surface area contributed by atoms with E-state index in [9.17, 15) is 10.3 Å². The standard InChI is InChI=1S/C26H18Cl3N5O3/c27-15-1-2-16(20-10-31-12-37-20)18(8-15)14-7-13-5-6-26(35,23(13)34(36)11-14)21-9-19(25(29)32-21)17-3-4-22(30)33-24(17)28/h1-4,7-8,10-12,35H,5-6,9H2,(H2,30,33). The summed E-state index contributed by atoms with van der Waals surface area (Å²) in [5.74, 6) is 0.827. The second-order valence-electron chi connectivity index (χ2n) is 8.92. The second kappa shape index (κ2) is 8.85. The fraction of sp³-hybridized carbons (Fsp3) is 0.154. The molecule has 11 heteroatoms. The van der Waals surface area contributed by atoms with E-state index in [1.165, 1.54) is 12.6 Å². The molecule has 0 saturated heterocycles. The number of aliphatic hydroxyl groups is 1. The topological polar surface area (TPSA) is 124 Å². The van der Waals surface area contributed by atoms with Gasteiger partial charge >= 0.3 is 0 Å². The number of nitrogen functional groups attached to an aromatic ring is 1. The molecule has 6 rings (SSSR count). The first-order valence-corrected chi connectivity index (χ1v) is 12.4. The van der Waals surface area contributed by atoms with Gasteiger partial charge in [0.1, 0.15) is 16.1 Å². The summed E-state index contributed by atoms with van der Waals surface area (Å²) in [6, 6.07) is 10.5. The van der Waals surface area contributed by atoms with Gasteiger partial charge in [-0.3, -0.25) is 0 Å². The zero-order valence-corrected chi connectivity index (χ0v) is 21.3. The minimum Gasteiger partial charge on any atom is -0.618 e. The number of nitrogens with zero attached hydrogens (tertiary/aromatic N) is 4. The molecular formula is C26H18Cl3N5O3. The maximum atomic E-state index is 13.4. The number of hydrogen-bond acceptors (Lipinski definition) is 7. The summed E-state index contributed by atoms with van der Waals surface area (Å²) in [6.07, 6.45) is 5.32. The average molecular weight is 555 g/mol. The molecule has 2 aliphatic rings. The van der Waals surface area contributed by atoms with Gasteiger partial charge in [0.2, 0.25) is 5.69 Å². The molecule has 3 N–H and O–H groups in total. The van der Waals surface area contributed by atoms with Crippen LogP contribution < -0.4 is 10.5 Å². The van der Waals surface area contributed by atoms with E-state index in [1.807, 2.05) is 12.1 Å². The molecule has 0 radical (unpaired) electrons. The lowest BCUT2D eigenvalue weighted by Gasteiger charge is -2.23. The number of rotatable bonds is 4. The van der Waals surface area contributed by atoms with Crippen LogP contribution in [0.3, 0.4) is 0 Å². The summed E-state index contributed by atoms with van der Waals surface area (Å²) in [5, 5.41) is 26.1. The third-order valence-electron chi connectivity index (χ3n) is 6.75. The van der Waals surface area contributed by atoms with Crippen LogP contribution >= 0.6 is 34.8 Å². The summed E-state index contributed by atoms with van der Waals surface area (Å²) in [5.41, 5.74) is 8.71. The molecular weight excluding hydrogens is 537 g/mol. The molecule has 0 bridgehead atoms. The van der Waals surface area contributed by atoms with E-state index in [2.05, 4.69) is 15.0 Å². The minimum atomic E-state index is -1.59. The minimum absolute atomic E-state index is 0.190. The highest BCUT2D eigenvalue weighted by atomic mass is 35.5. The van der Waals surface area contributed by atoms with E-state index in [0.29, 0.717) is 55.5 Å². The van der Waals surface area contributed by atoms with Gasteiger partial charge < -0.3 is 20.5 Å². The molecule has 0 amide bonds. The van der Waals surface area contributed by atoms with Gasteiger partial charge in [0, 0.05) is 44.8 Å². The third kappa shape index (κ3) is 3.97. The van der Waals surface area contributed by atoms with Crippen LogP contribution in [0.2, 0.25) is 10.2 Å². The van der Waals surface area contributed by atoms with Crippen molar-refractivity contribution in [1.82, 2.24) is 9.97 Å². The molecule has 1 aliphatic heterocycles. The van der Waals surface area contributed by atoms with Crippen molar-refractivity contribution in [1.29, 1.82) is 0 Å². The molecule has 4 aromatic rings. The molecule has 0 fully saturated rings. The van der Waals surface area contributed by atoms with Crippen LogP contribution in [0.5, 0.6) is 0 Å². The van der Waals surface area contributed by atoms with Crippen molar-refractivity contribution in [3.8, 4) is 22.5 Å².